The fraction of sp³-hybridized carbons (Fsp3) is 0.0769. The predicted octanol–water partition coefficient (Wildman–Crippen LogP) is 6.55. The van der Waals surface area contributed by atoms with Crippen LogP contribution >= 0.6 is 0 Å². The second kappa shape index (κ2) is 10.0. The maximum Gasteiger partial charge on any atom is -0.00258 e. The summed E-state index contributed by atoms with van der Waals surface area (Å²) in [4.78, 5) is 0. The predicted molar refractivity (Wildman–Crippen MR) is 111 cm³/mol. The highest BCUT2D eigenvalue weighted by Crippen LogP contribution is 2.08. The van der Waals surface area contributed by atoms with Gasteiger partial charge in [-0.05, 0) is 35.1 Å². The monoisotopic (exact) mass is 336 g/mol. The van der Waals surface area contributed by atoms with Gasteiger partial charge in [-0.25, -0.2) is 0 Å². The second-order valence-corrected chi connectivity index (χ2v) is 6.30. The molecule has 0 spiro atoms. The van der Waals surface area contributed by atoms with Crippen molar-refractivity contribution in [1.29, 1.82) is 0 Å². The molecular weight excluding hydrogens is 312 g/mol. The first-order valence-electron chi connectivity index (χ1n) is 9.06. The van der Waals surface area contributed by atoms with Crippen molar-refractivity contribution in [3.63, 3.8) is 0 Å². The van der Waals surface area contributed by atoms with E-state index in [9.17, 15) is 0 Å². The fourth-order valence-electron chi connectivity index (χ4n) is 2.85. The quantitative estimate of drug-likeness (QED) is 0.396. The summed E-state index contributed by atoms with van der Waals surface area (Å²) in [5.74, 6) is 0. The highest BCUT2D eigenvalue weighted by atomic mass is 14.0. The van der Waals surface area contributed by atoms with E-state index in [4.69, 9.17) is 0 Å². The van der Waals surface area contributed by atoms with E-state index in [0.29, 0.717) is 0 Å². The number of rotatable bonds is 4. The fourth-order valence-corrected chi connectivity index (χ4v) is 2.85. The largest absolute Gasteiger partial charge is 0.0622 e. The van der Waals surface area contributed by atoms with Crippen molar-refractivity contribution in [3.05, 3.63) is 144 Å². The van der Waals surface area contributed by atoms with Crippen LogP contribution in [-0.4, -0.2) is 0 Å². The van der Waals surface area contributed by atoms with E-state index in [2.05, 4.69) is 121 Å². The first-order chi connectivity index (χ1) is 12.9. The zero-order valence-electron chi connectivity index (χ0n) is 15.0. The van der Waals surface area contributed by atoms with E-state index in [1.165, 1.54) is 22.3 Å². The molecule has 0 aliphatic heterocycles. The summed E-state index contributed by atoms with van der Waals surface area (Å²) in [6, 6.07) is 42.1. The third-order valence-electron chi connectivity index (χ3n) is 4.19. The van der Waals surface area contributed by atoms with Gasteiger partial charge in [-0.3, -0.25) is 0 Å². The van der Waals surface area contributed by atoms with Crippen LogP contribution in [0, 0.1) is 0 Å². The molecule has 0 atom stereocenters. The van der Waals surface area contributed by atoms with Crippen LogP contribution in [0.15, 0.2) is 121 Å². The van der Waals surface area contributed by atoms with Gasteiger partial charge in [-0.2, -0.15) is 0 Å². The van der Waals surface area contributed by atoms with Crippen molar-refractivity contribution in [2.75, 3.05) is 0 Å². The van der Waals surface area contributed by atoms with Crippen molar-refractivity contribution in [3.8, 4) is 0 Å². The summed E-state index contributed by atoms with van der Waals surface area (Å²) < 4.78 is 0. The third-order valence-corrected chi connectivity index (χ3v) is 4.19. The standard InChI is InChI=1S/2C13H12/c2*1-3-7-12(8-4-1)11-13-9-5-2-6-10-13/h2*1-10H,11H2. The van der Waals surface area contributed by atoms with E-state index in [1.807, 2.05) is 0 Å². The zero-order valence-corrected chi connectivity index (χ0v) is 15.0. The molecule has 4 aromatic rings. The smallest absolute Gasteiger partial charge is 0.00258 e. The average Bonchev–Trinajstić information content (AvgIpc) is 2.72. The molecule has 26 heavy (non-hydrogen) atoms. The molecule has 0 saturated heterocycles. The van der Waals surface area contributed by atoms with E-state index in [1.54, 1.807) is 0 Å². The van der Waals surface area contributed by atoms with Crippen LogP contribution in [0.25, 0.3) is 0 Å². The number of hydrogen-bond donors (Lipinski definition) is 0. The molecule has 0 bridgehead atoms. The lowest BCUT2D eigenvalue weighted by Crippen LogP contribution is -1.85. The summed E-state index contributed by atoms with van der Waals surface area (Å²) in [5.41, 5.74) is 5.48. The van der Waals surface area contributed by atoms with Crippen LogP contribution in [0.5, 0.6) is 0 Å². The van der Waals surface area contributed by atoms with Crippen molar-refractivity contribution >= 4 is 0 Å². The maximum absolute atomic E-state index is 2.16. The van der Waals surface area contributed by atoms with Gasteiger partial charge in [-0.15, -0.1) is 0 Å². The van der Waals surface area contributed by atoms with Gasteiger partial charge in [0.25, 0.3) is 0 Å². The van der Waals surface area contributed by atoms with Crippen molar-refractivity contribution in [2.45, 2.75) is 12.8 Å². The maximum atomic E-state index is 2.16. The lowest BCUT2D eigenvalue weighted by atomic mass is 10.1. The molecule has 0 nitrogen and oxygen atoms in total. The third kappa shape index (κ3) is 6.07. The Morgan fingerprint density at radius 3 is 0.654 bits per heavy atom. The normalized spacial score (nSPS) is 9.85. The van der Waals surface area contributed by atoms with E-state index in [-0.39, 0.29) is 0 Å². The zero-order chi connectivity index (χ0) is 17.9. The molecule has 0 aliphatic rings. The lowest BCUT2D eigenvalue weighted by Gasteiger charge is -2.00. The van der Waals surface area contributed by atoms with Crippen LogP contribution in [-0.2, 0) is 12.8 Å². The van der Waals surface area contributed by atoms with E-state index in [0.717, 1.165) is 12.8 Å². The summed E-state index contributed by atoms with van der Waals surface area (Å²) in [7, 11) is 0. The van der Waals surface area contributed by atoms with Crippen LogP contribution in [0.4, 0.5) is 0 Å². The van der Waals surface area contributed by atoms with Gasteiger partial charge < -0.3 is 0 Å². The Hall–Kier alpha value is -3.12. The molecule has 0 unspecified atom stereocenters. The molecule has 0 heteroatoms. The molecule has 0 saturated carbocycles. The van der Waals surface area contributed by atoms with Gasteiger partial charge in [0, 0.05) is 0 Å². The lowest BCUT2D eigenvalue weighted by molar-refractivity contribution is 1.19. The Labute approximate surface area is 156 Å². The molecule has 0 heterocycles. The minimum absolute atomic E-state index is 1.03. The first-order valence-corrected chi connectivity index (χ1v) is 9.06. The topological polar surface area (TPSA) is 0 Å². The molecule has 0 amide bonds. The van der Waals surface area contributed by atoms with Gasteiger partial charge in [0.1, 0.15) is 0 Å². The highest BCUT2D eigenvalue weighted by molar-refractivity contribution is 5.26. The second-order valence-electron chi connectivity index (χ2n) is 6.30. The average molecular weight is 336 g/mol. The van der Waals surface area contributed by atoms with Gasteiger partial charge >= 0.3 is 0 Å². The molecule has 128 valence electrons. The van der Waals surface area contributed by atoms with E-state index >= 15 is 0 Å². The molecule has 4 aromatic carbocycles. The van der Waals surface area contributed by atoms with Gasteiger partial charge in [0.05, 0.1) is 0 Å². The van der Waals surface area contributed by atoms with Crippen molar-refractivity contribution in [1.82, 2.24) is 0 Å². The Bertz CT molecular complexity index is 699. The minimum Gasteiger partial charge on any atom is -0.0622 e. The molecule has 4 rings (SSSR count). The summed E-state index contributed by atoms with van der Waals surface area (Å²) in [6.45, 7) is 0. The SMILES string of the molecule is c1ccc(Cc2ccccc2)cc1.c1ccc(Cc2ccccc2)cc1. The number of hydrogen-bond acceptors (Lipinski definition) is 0. The minimum atomic E-state index is 1.03. The molecule has 0 radical (unpaired) electrons. The van der Waals surface area contributed by atoms with Gasteiger partial charge in [-0.1, -0.05) is 121 Å². The van der Waals surface area contributed by atoms with Crippen LogP contribution in [0.2, 0.25) is 0 Å². The van der Waals surface area contributed by atoms with Crippen molar-refractivity contribution < 1.29 is 0 Å². The Morgan fingerprint density at radius 2 is 0.462 bits per heavy atom. The Balaban J connectivity index is 0.000000151. The molecular formula is C26H24. The van der Waals surface area contributed by atoms with Crippen LogP contribution in [0.3, 0.4) is 0 Å². The Kier molecular flexibility index (Phi) is 6.81. The summed E-state index contributed by atoms with van der Waals surface area (Å²) in [5, 5.41) is 0. The van der Waals surface area contributed by atoms with Crippen LogP contribution in [0.1, 0.15) is 22.3 Å². The molecule has 0 aromatic heterocycles. The summed E-state index contributed by atoms with van der Waals surface area (Å²) >= 11 is 0. The van der Waals surface area contributed by atoms with E-state index < -0.39 is 0 Å². The molecule has 0 aliphatic carbocycles. The Morgan fingerprint density at radius 1 is 0.269 bits per heavy atom. The van der Waals surface area contributed by atoms with Gasteiger partial charge in [0.2, 0.25) is 0 Å². The van der Waals surface area contributed by atoms with Crippen molar-refractivity contribution in [2.24, 2.45) is 0 Å². The first kappa shape index (κ1) is 17.7. The summed E-state index contributed by atoms with van der Waals surface area (Å²) in [6.07, 6.45) is 2.06. The van der Waals surface area contributed by atoms with Crippen LogP contribution < -0.4 is 0 Å². The molecule has 0 fully saturated rings. The highest BCUT2D eigenvalue weighted by Gasteiger charge is 1.93. The number of benzene rings is 4. The van der Waals surface area contributed by atoms with Gasteiger partial charge in [0.15, 0.2) is 0 Å². The molecule has 0 N–H and O–H groups in total.